The van der Waals surface area contributed by atoms with Gasteiger partial charge in [-0.05, 0) is 30.5 Å². The van der Waals surface area contributed by atoms with E-state index in [1.165, 1.54) is 26.4 Å². The Morgan fingerprint density at radius 1 is 1.22 bits per heavy atom. The zero-order chi connectivity index (χ0) is 16.9. The fourth-order valence-corrected chi connectivity index (χ4v) is 3.05. The van der Waals surface area contributed by atoms with Gasteiger partial charge in [-0.15, -0.1) is 0 Å². The van der Waals surface area contributed by atoms with Crippen LogP contribution in [0.3, 0.4) is 0 Å². The second kappa shape index (κ2) is 7.44. The highest BCUT2D eigenvalue weighted by Gasteiger charge is 2.41. The van der Waals surface area contributed by atoms with Crippen molar-refractivity contribution < 1.29 is 23.5 Å². The number of nitrogens with one attached hydrogen (secondary N) is 1. The van der Waals surface area contributed by atoms with Crippen molar-refractivity contribution in [1.29, 1.82) is 0 Å². The van der Waals surface area contributed by atoms with Crippen LogP contribution in [-0.2, 0) is 20.7 Å². The van der Waals surface area contributed by atoms with E-state index in [0.717, 1.165) is 19.3 Å². The molecule has 23 heavy (non-hydrogen) atoms. The number of benzene rings is 1. The van der Waals surface area contributed by atoms with Crippen LogP contribution in [0.5, 0.6) is 5.75 Å². The molecule has 1 aromatic rings. The van der Waals surface area contributed by atoms with Crippen LogP contribution < -0.4 is 10.1 Å². The third-order valence-electron chi connectivity index (χ3n) is 4.24. The van der Waals surface area contributed by atoms with Crippen LogP contribution in [0.15, 0.2) is 18.2 Å². The number of halogens is 1. The van der Waals surface area contributed by atoms with Crippen molar-refractivity contribution in [2.45, 2.75) is 44.1 Å². The molecule has 0 atom stereocenters. The SMILES string of the molecule is COC(=O)C1(NC(=O)Cc2ccc(OC)c(F)c2)CCCCC1. The minimum atomic E-state index is -0.949. The highest BCUT2D eigenvalue weighted by Crippen LogP contribution is 2.29. The summed E-state index contributed by atoms with van der Waals surface area (Å²) in [5.41, 5.74) is -0.425. The third kappa shape index (κ3) is 4.00. The predicted octanol–water partition coefficient (Wildman–Crippen LogP) is 2.37. The van der Waals surface area contributed by atoms with Crippen molar-refractivity contribution in [3.63, 3.8) is 0 Å². The molecule has 1 aliphatic rings. The fraction of sp³-hybridized carbons (Fsp3) is 0.529. The average Bonchev–Trinajstić information content (AvgIpc) is 2.55. The zero-order valence-corrected chi connectivity index (χ0v) is 13.5. The van der Waals surface area contributed by atoms with E-state index in [0.29, 0.717) is 18.4 Å². The number of carbonyl (C=O) groups excluding carboxylic acids is 2. The summed E-state index contributed by atoms with van der Waals surface area (Å²) in [6, 6.07) is 4.38. The Balaban J connectivity index is 2.07. The molecule has 0 unspecified atom stereocenters. The smallest absolute Gasteiger partial charge is 0.331 e. The van der Waals surface area contributed by atoms with Crippen LogP contribution in [0.4, 0.5) is 4.39 Å². The molecule has 6 heteroatoms. The first-order valence-corrected chi connectivity index (χ1v) is 7.72. The van der Waals surface area contributed by atoms with E-state index in [-0.39, 0.29) is 18.1 Å². The second-order valence-electron chi connectivity index (χ2n) is 5.83. The minimum Gasteiger partial charge on any atom is -0.494 e. The fourth-order valence-electron chi connectivity index (χ4n) is 3.05. The molecule has 0 spiro atoms. The first-order valence-electron chi connectivity index (χ1n) is 7.72. The lowest BCUT2D eigenvalue weighted by Crippen LogP contribution is -2.56. The summed E-state index contributed by atoms with van der Waals surface area (Å²) in [6.07, 6.45) is 3.92. The number of hydrogen-bond donors (Lipinski definition) is 1. The Labute approximate surface area is 135 Å². The summed E-state index contributed by atoms with van der Waals surface area (Å²) < 4.78 is 23.4. The highest BCUT2D eigenvalue weighted by molar-refractivity contribution is 5.89. The average molecular weight is 323 g/mol. The molecule has 5 nitrogen and oxygen atoms in total. The van der Waals surface area contributed by atoms with E-state index in [9.17, 15) is 14.0 Å². The first-order chi connectivity index (χ1) is 11.0. The van der Waals surface area contributed by atoms with E-state index in [1.54, 1.807) is 6.07 Å². The Morgan fingerprint density at radius 3 is 2.48 bits per heavy atom. The molecule has 1 amide bonds. The van der Waals surface area contributed by atoms with Gasteiger partial charge < -0.3 is 14.8 Å². The number of hydrogen-bond acceptors (Lipinski definition) is 4. The minimum absolute atomic E-state index is 0.000339. The maximum Gasteiger partial charge on any atom is 0.331 e. The molecule has 0 radical (unpaired) electrons. The van der Waals surface area contributed by atoms with Crippen molar-refractivity contribution >= 4 is 11.9 Å². The molecular weight excluding hydrogens is 301 g/mol. The number of esters is 1. The number of methoxy groups -OCH3 is 2. The molecule has 0 saturated heterocycles. The summed E-state index contributed by atoms with van der Waals surface area (Å²) in [5, 5.41) is 2.81. The molecule has 1 aromatic carbocycles. The van der Waals surface area contributed by atoms with E-state index in [2.05, 4.69) is 5.32 Å². The Bertz CT molecular complexity index is 582. The molecule has 126 valence electrons. The van der Waals surface area contributed by atoms with E-state index < -0.39 is 17.3 Å². The van der Waals surface area contributed by atoms with Crippen molar-refractivity contribution in [1.82, 2.24) is 5.32 Å². The molecule has 0 bridgehead atoms. The van der Waals surface area contributed by atoms with Gasteiger partial charge in [-0.25, -0.2) is 9.18 Å². The van der Waals surface area contributed by atoms with Gasteiger partial charge in [0.25, 0.3) is 0 Å². The van der Waals surface area contributed by atoms with Gasteiger partial charge in [0.2, 0.25) is 5.91 Å². The van der Waals surface area contributed by atoms with Crippen LogP contribution in [0.25, 0.3) is 0 Å². The summed E-state index contributed by atoms with van der Waals surface area (Å²) in [4.78, 5) is 24.4. The third-order valence-corrected chi connectivity index (χ3v) is 4.24. The molecule has 1 saturated carbocycles. The van der Waals surface area contributed by atoms with E-state index >= 15 is 0 Å². The number of rotatable bonds is 5. The molecule has 1 fully saturated rings. The maximum atomic E-state index is 13.7. The van der Waals surface area contributed by atoms with Gasteiger partial charge in [0.15, 0.2) is 11.6 Å². The van der Waals surface area contributed by atoms with Gasteiger partial charge in [-0.1, -0.05) is 25.3 Å². The molecule has 2 rings (SSSR count). The van der Waals surface area contributed by atoms with Crippen LogP contribution in [0, 0.1) is 5.82 Å². The monoisotopic (exact) mass is 323 g/mol. The summed E-state index contributed by atoms with van der Waals surface area (Å²) >= 11 is 0. The van der Waals surface area contributed by atoms with Crippen LogP contribution >= 0.6 is 0 Å². The quantitative estimate of drug-likeness (QED) is 0.845. The van der Waals surface area contributed by atoms with Gasteiger partial charge >= 0.3 is 5.97 Å². The number of carbonyl (C=O) groups is 2. The highest BCUT2D eigenvalue weighted by atomic mass is 19.1. The Kier molecular flexibility index (Phi) is 5.58. The standard InChI is InChI=1S/C17H22FNO4/c1-22-14-7-6-12(10-13(14)18)11-15(20)19-17(16(21)23-2)8-4-3-5-9-17/h6-7,10H,3-5,8-9,11H2,1-2H3,(H,19,20). The largest absolute Gasteiger partial charge is 0.494 e. The summed E-state index contributed by atoms with van der Waals surface area (Å²) in [6.45, 7) is 0. The topological polar surface area (TPSA) is 64.6 Å². The molecule has 1 aliphatic carbocycles. The zero-order valence-electron chi connectivity index (χ0n) is 13.5. The molecular formula is C17H22FNO4. The molecule has 0 aliphatic heterocycles. The Hall–Kier alpha value is -2.11. The van der Waals surface area contributed by atoms with Gasteiger partial charge in [0.1, 0.15) is 5.54 Å². The molecule has 1 N–H and O–H groups in total. The first kappa shape index (κ1) is 17.2. The molecule has 0 heterocycles. The van der Waals surface area contributed by atoms with Crippen LogP contribution in [0.2, 0.25) is 0 Å². The van der Waals surface area contributed by atoms with Crippen LogP contribution in [-0.4, -0.2) is 31.6 Å². The summed E-state index contributed by atoms with van der Waals surface area (Å²) in [7, 11) is 2.71. The van der Waals surface area contributed by atoms with Gasteiger partial charge in [-0.2, -0.15) is 0 Å². The van der Waals surface area contributed by atoms with Crippen molar-refractivity contribution in [2.24, 2.45) is 0 Å². The second-order valence-corrected chi connectivity index (χ2v) is 5.83. The number of ether oxygens (including phenoxy) is 2. The maximum absolute atomic E-state index is 13.7. The number of amides is 1. The van der Waals surface area contributed by atoms with Gasteiger partial charge in [-0.3, -0.25) is 4.79 Å². The normalized spacial score (nSPS) is 16.5. The van der Waals surface area contributed by atoms with Crippen molar-refractivity contribution in [3.8, 4) is 5.75 Å². The van der Waals surface area contributed by atoms with E-state index in [1.807, 2.05) is 0 Å². The van der Waals surface area contributed by atoms with Gasteiger partial charge in [0, 0.05) is 0 Å². The van der Waals surface area contributed by atoms with Crippen molar-refractivity contribution in [2.75, 3.05) is 14.2 Å². The lowest BCUT2D eigenvalue weighted by atomic mass is 9.81. The van der Waals surface area contributed by atoms with E-state index in [4.69, 9.17) is 9.47 Å². The van der Waals surface area contributed by atoms with Gasteiger partial charge in [0.05, 0.1) is 20.6 Å². The lowest BCUT2D eigenvalue weighted by molar-refractivity contribution is -0.152. The lowest BCUT2D eigenvalue weighted by Gasteiger charge is -2.35. The Morgan fingerprint density at radius 2 is 1.91 bits per heavy atom. The van der Waals surface area contributed by atoms with Crippen molar-refractivity contribution in [3.05, 3.63) is 29.6 Å². The van der Waals surface area contributed by atoms with Crippen LogP contribution in [0.1, 0.15) is 37.7 Å². The molecule has 0 aromatic heterocycles. The predicted molar refractivity (Wildman–Crippen MR) is 82.6 cm³/mol. The summed E-state index contributed by atoms with van der Waals surface area (Å²) in [5.74, 6) is -1.11.